The zero-order valence-corrected chi connectivity index (χ0v) is 21.6. The number of nitrogens with one attached hydrogen (secondary N) is 1. The topological polar surface area (TPSA) is 92.5 Å². The fraction of sp³-hybridized carbons (Fsp3) is 0.233. The maximum Gasteiger partial charge on any atom is 0.253 e. The molecule has 6 nitrogen and oxygen atoms in total. The molecule has 5 rings (SSSR count). The highest BCUT2D eigenvalue weighted by atomic mass is 32.2. The molecule has 1 aliphatic heterocycles. The van der Waals surface area contributed by atoms with Crippen LogP contribution < -0.4 is 10.5 Å². The summed E-state index contributed by atoms with van der Waals surface area (Å²) in [5.41, 5.74) is 2.93. The van der Waals surface area contributed by atoms with E-state index >= 15 is 0 Å². The van der Waals surface area contributed by atoms with Gasteiger partial charge in [0.05, 0.1) is 4.90 Å². The van der Waals surface area contributed by atoms with Crippen molar-refractivity contribution in [2.24, 2.45) is 11.1 Å². The first-order chi connectivity index (χ1) is 17.8. The Balaban J connectivity index is 1.34. The standard InChI is InChI=1S/C30H31N3O3S/c1-21(27-13-7-11-22-10-5-6-12-28(22)27)32-18-25-19-33(20-29(25)23-8-3-2-4-9-23)30(34)24-14-16-26(17-15-24)37(31,35)36/h2-17,21,25,29,32H,18-20H2,1H3,(H2,31,35,36)/t21-,25-,29-/m1/s1. The van der Waals surface area contributed by atoms with E-state index < -0.39 is 10.0 Å². The van der Waals surface area contributed by atoms with Crippen molar-refractivity contribution in [3.8, 4) is 0 Å². The third-order valence-electron chi connectivity index (χ3n) is 7.36. The number of carbonyl (C=O) groups excluding carboxylic acids is 1. The van der Waals surface area contributed by atoms with Crippen molar-refractivity contribution in [1.29, 1.82) is 0 Å². The zero-order valence-electron chi connectivity index (χ0n) is 20.7. The minimum absolute atomic E-state index is 0.00265. The normalized spacial score (nSPS) is 18.7. The predicted octanol–water partition coefficient (Wildman–Crippen LogP) is 4.69. The van der Waals surface area contributed by atoms with Gasteiger partial charge in [-0.05, 0) is 59.0 Å². The molecule has 0 spiro atoms. The number of nitrogens with two attached hydrogens (primary N) is 1. The van der Waals surface area contributed by atoms with Gasteiger partial charge in [-0.1, -0.05) is 72.8 Å². The third-order valence-corrected chi connectivity index (χ3v) is 8.29. The Morgan fingerprint density at radius 1 is 0.919 bits per heavy atom. The minimum Gasteiger partial charge on any atom is -0.338 e. The van der Waals surface area contributed by atoms with Gasteiger partial charge in [-0.2, -0.15) is 0 Å². The van der Waals surface area contributed by atoms with Crippen molar-refractivity contribution in [2.75, 3.05) is 19.6 Å². The van der Waals surface area contributed by atoms with Gasteiger partial charge >= 0.3 is 0 Å². The molecule has 190 valence electrons. The number of nitrogens with zero attached hydrogens (tertiary/aromatic N) is 1. The molecule has 1 saturated heterocycles. The van der Waals surface area contributed by atoms with Crippen LogP contribution >= 0.6 is 0 Å². The van der Waals surface area contributed by atoms with Gasteiger partial charge in [-0.15, -0.1) is 0 Å². The van der Waals surface area contributed by atoms with Gasteiger partial charge in [0.15, 0.2) is 0 Å². The zero-order chi connectivity index (χ0) is 26.0. The first-order valence-electron chi connectivity index (χ1n) is 12.5. The van der Waals surface area contributed by atoms with Crippen LogP contribution in [0.1, 0.15) is 40.4 Å². The second-order valence-corrected chi connectivity index (χ2v) is 11.3. The second kappa shape index (κ2) is 10.5. The molecule has 1 aliphatic rings. The van der Waals surface area contributed by atoms with Crippen LogP contribution in [0.25, 0.3) is 10.8 Å². The van der Waals surface area contributed by atoms with Gasteiger partial charge in [-0.25, -0.2) is 13.6 Å². The highest BCUT2D eigenvalue weighted by Crippen LogP contribution is 2.34. The molecule has 1 amide bonds. The van der Waals surface area contributed by atoms with Crippen molar-refractivity contribution in [1.82, 2.24) is 10.2 Å². The molecule has 0 bridgehead atoms. The second-order valence-electron chi connectivity index (χ2n) is 9.76. The number of fused-ring (bicyclic) bond motifs is 1. The minimum atomic E-state index is -3.80. The van der Waals surface area contributed by atoms with Gasteiger partial charge in [0.1, 0.15) is 0 Å². The Labute approximate surface area is 218 Å². The largest absolute Gasteiger partial charge is 0.338 e. The van der Waals surface area contributed by atoms with E-state index in [0.717, 1.165) is 6.54 Å². The molecule has 0 radical (unpaired) electrons. The lowest BCUT2D eigenvalue weighted by molar-refractivity contribution is 0.0785. The van der Waals surface area contributed by atoms with Gasteiger partial charge in [0.2, 0.25) is 10.0 Å². The SMILES string of the molecule is C[C@@H](NC[C@@H]1CN(C(=O)c2ccc(S(N)(=O)=O)cc2)C[C@@H]1c1ccccc1)c1cccc2ccccc12. The van der Waals surface area contributed by atoms with Gasteiger partial charge in [0, 0.05) is 37.2 Å². The highest BCUT2D eigenvalue weighted by molar-refractivity contribution is 7.89. The molecule has 0 aromatic heterocycles. The molecule has 7 heteroatoms. The van der Waals surface area contributed by atoms with Crippen LogP contribution in [0, 0.1) is 5.92 Å². The maximum absolute atomic E-state index is 13.4. The van der Waals surface area contributed by atoms with Gasteiger partial charge in [-0.3, -0.25) is 4.79 Å². The van der Waals surface area contributed by atoms with Crippen molar-refractivity contribution in [2.45, 2.75) is 23.8 Å². The Bertz CT molecular complexity index is 1500. The number of sulfonamides is 1. The number of benzene rings is 4. The highest BCUT2D eigenvalue weighted by Gasteiger charge is 2.36. The van der Waals surface area contributed by atoms with E-state index in [2.05, 4.69) is 66.8 Å². The van der Waals surface area contributed by atoms with Crippen molar-refractivity contribution >= 4 is 26.7 Å². The summed E-state index contributed by atoms with van der Waals surface area (Å²) in [4.78, 5) is 15.2. The first kappa shape index (κ1) is 25.1. The molecule has 1 heterocycles. The Morgan fingerprint density at radius 2 is 1.59 bits per heavy atom. The lowest BCUT2D eigenvalue weighted by Crippen LogP contribution is -2.32. The van der Waals surface area contributed by atoms with Crippen LogP contribution in [0.2, 0.25) is 0 Å². The van der Waals surface area contributed by atoms with E-state index in [9.17, 15) is 13.2 Å². The summed E-state index contributed by atoms with van der Waals surface area (Å²) < 4.78 is 23.2. The van der Waals surface area contributed by atoms with Crippen LogP contribution in [0.4, 0.5) is 0 Å². The Morgan fingerprint density at radius 3 is 2.32 bits per heavy atom. The number of hydrogen-bond donors (Lipinski definition) is 2. The summed E-state index contributed by atoms with van der Waals surface area (Å²) in [6.07, 6.45) is 0. The Kier molecular flexibility index (Phi) is 7.11. The summed E-state index contributed by atoms with van der Waals surface area (Å²) in [7, 11) is -3.80. The molecule has 1 fully saturated rings. The van der Waals surface area contributed by atoms with E-state index in [4.69, 9.17) is 5.14 Å². The fourth-order valence-corrected chi connectivity index (χ4v) is 5.87. The van der Waals surface area contributed by atoms with Crippen LogP contribution in [0.5, 0.6) is 0 Å². The molecule has 37 heavy (non-hydrogen) atoms. The Hall–Kier alpha value is -3.52. The van der Waals surface area contributed by atoms with Crippen LogP contribution in [-0.2, 0) is 10.0 Å². The lowest BCUT2D eigenvalue weighted by Gasteiger charge is -2.23. The molecule has 3 atom stereocenters. The third kappa shape index (κ3) is 5.44. The molecule has 4 aromatic carbocycles. The van der Waals surface area contributed by atoms with E-state index in [1.165, 1.54) is 46.2 Å². The molecule has 0 aliphatic carbocycles. The molecular formula is C30H31N3O3S. The summed E-state index contributed by atoms with van der Waals surface area (Å²) in [5.74, 6) is 0.319. The fourth-order valence-electron chi connectivity index (χ4n) is 5.36. The van der Waals surface area contributed by atoms with Gasteiger partial charge in [0.25, 0.3) is 5.91 Å². The number of primary sulfonamides is 1. The predicted molar refractivity (Wildman–Crippen MR) is 147 cm³/mol. The van der Waals surface area contributed by atoms with E-state index in [1.807, 2.05) is 23.1 Å². The van der Waals surface area contributed by atoms with E-state index in [-0.39, 0.29) is 28.7 Å². The van der Waals surface area contributed by atoms with Crippen molar-refractivity contribution in [3.63, 3.8) is 0 Å². The number of carbonyl (C=O) groups is 1. The number of likely N-dealkylation sites (tertiary alicyclic amines) is 1. The number of amides is 1. The summed E-state index contributed by atoms with van der Waals surface area (Å²) in [5, 5.41) is 11.4. The first-order valence-corrected chi connectivity index (χ1v) is 14.0. The smallest absolute Gasteiger partial charge is 0.253 e. The summed E-state index contributed by atoms with van der Waals surface area (Å²) in [6.45, 7) is 4.17. The van der Waals surface area contributed by atoms with E-state index in [1.54, 1.807) is 0 Å². The summed E-state index contributed by atoms with van der Waals surface area (Å²) in [6, 6.07) is 31.1. The van der Waals surface area contributed by atoms with Crippen LogP contribution in [-0.4, -0.2) is 38.9 Å². The number of hydrogen-bond acceptors (Lipinski definition) is 4. The molecule has 0 unspecified atom stereocenters. The van der Waals surface area contributed by atoms with Gasteiger partial charge < -0.3 is 10.2 Å². The molecule has 3 N–H and O–H groups in total. The van der Waals surface area contributed by atoms with Crippen LogP contribution in [0.15, 0.2) is 102 Å². The monoisotopic (exact) mass is 513 g/mol. The van der Waals surface area contributed by atoms with Crippen molar-refractivity contribution in [3.05, 3.63) is 114 Å². The molecule has 0 saturated carbocycles. The molecule has 4 aromatic rings. The van der Waals surface area contributed by atoms with Crippen molar-refractivity contribution < 1.29 is 13.2 Å². The summed E-state index contributed by atoms with van der Waals surface area (Å²) >= 11 is 0. The van der Waals surface area contributed by atoms with E-state index in [0.29, 0.717) is 18.7 Å². The molecular weight excluding hydrogens is 482 g/mol. The maximum atomic E-state index is 13.4. The van der Waals surface area contributed by atoms with Crippen LogP contribution in [0.3, 0.4) is 0 Å². The quantitative estimate of drug-likeness (QED) is 0.375. The average molecular weight is 514 g/mol. The average Bonchev–Trinajstić information content (AvgIpc) is 3.35. The number of rotatable bonds is 7. The lowest BCUT2D eigenvalue weighted by atomic mass is 9.88.